The Morgan fingerprint density at radius 3 is 2.24 bits per heavy atom. The standard InChI is InChI=1S/C16H15Cl2NO2/c1-10-4-3-5-11(2)16(10)21-9-15(20)19-14-7-12(17)6-13(18)8-14/h3-8H,9H2,1-2H3,(H,19,20). The van der Waals surface area contributed by atoms with Crippen LogP contribution in [0.2, 0.25) is 10.0 Å². The van der Waals surface area contributed by atoms with Crippen molar-refractivity contribution in [3.8, 4) is 5.75 Å². The number of hydrogen-bond donors (Lipinski definition) is 1. The molecule has 2 aromatic rings. The summed E-state index contributed by atoms with van der Waals surface area (Å²) in [6, 6.07) is 10.7. The van der Waals surface area contributed by atoms with Crippen LogP contribution in [0.3, 0.4) is 0 Å². The van der Waals surface area contributed by atoms with Gasteiger partial charge >= 0.3 is 0 Å². The van der Waals surface area contributed by atoms with Crippen molar-refractivity contribution in [3.63, 3.8) is 0 Å². The van der Waals surface area contributed by atoms with Gasteiger partial charge in [-0.05, 0) is 43.2 Å². The van der Waals surface area contributed by atoms with Gasteiger partial charge in [-0.3, -0.25) is 4.79 Å². The van der Waals surface area contributed by atoms with Crippen molar-refractivity contribution in [2.75, 3.05) is 11.9 Å². The van der Waals surface area contributed by atoms with E-state index in [1.165, 1.54) is 0 Å². The minimum Gasteiger partial charge on any atom is -0.483 e. The molecule has 5 heteroatoms. The van der Waals surface area contributed by atoms with E-state index in [1.54, 1.807) is 18.2 Å². The van der Waals surface area contributed by atoms with E-state index in [2.05, 4.69) is 5.32 Å². The van der Waals surface area contributed by atoms with Crippen molar-refractivity contribution >= 4 is 34.8 Å². The zero-order chi connectivity index (χ0) is 15.4. The number of aryl methyl sites for hydroxylation is 2. The Kier molecular flexibility index (Phi) is 5.10. The van der Waals surface area contributed by atoms with Crippen LogP contribution in [0.25, 0.3) is 0 Å². The second-order valence-electron chi connectivity index (χ2n) is 4.72. The maximum absolute atomic E-state index is 11.9. The Balaban J connectivity index is 1.99. The lowest BCUT2D eigenvalue weighted by molar-refractivity contribution is -0.118. The first-order valence-electron chi connectivity index (χ1n) is 6.40. The predicted octanol–water partition coefficient (Wildman–Crippen LogP) is 4.63. The van der Waals surface area contributed by atoms with Crippen LogP contribution in [-0.2, 0) is 4.79 Å². The highest BCUT2D eigenvalue weighted by molar-refractivity contribution is 6.35. The number of nitrogens with one attached hydrogen (secondary N) is 1. The Bertz CT molecular complexity index is 631. The molecule has 0 saturated heterocycles. The number of carbonyl (C=O) groups excluding carboxylic acids is 1. The quantitative estimate of drug-likeness (QED) is 0.890. The van der Waals surface area contributed by atoms with Crippen LogP contribution in [0.15, 0.2) is 36.4 Å². The number of ether oxygens (including phenoxy) is 1. The molecule has 21 heavy (non-hydrogen) atoms. The Labute approximate surface area is 133 Å². The van der Waals surface area contributed by atoms with Gasteiger partial charge in [-0.15, -0.1) is 0 Å². The number of carbonyl (C=O) groups is 1. The van der Waals surface area contributed by atoms with Gasteiger partial charge in [-0.1, -0.05) is 41.4 Å². The minimum absolute atomic E-state index is 0.0736. The fourth-order valence-corrected chi connectivity index (χ4v) is 2.51. The lowest BCUT2D eigenvalue weighted by Gasteiger charge is -2.12. The Morgan fingerprint density at radius 1 is 1.10 bits per heavy atom. The van der Waals surface area contributed by atoms with E-state index >= 15 is 0 Å². The van der Waals surface area contributed by atoms with Crippen molar-refractivity contribution < 1.29 is 9.53 Å². The van der Waals surface area contributed by atoms with E-state index in [1.807, 2.05) is 32.0 Å². The summed E-state index contributed by atoms with van der Waals surface area (Å²) in [6.07, 6.45) is 0. The van der Waals surface area contributed by atoms with Crippen LogP contribution in [0.4, 0.5) is 5.69 Å². The summed E-state index contributed by atoms with van der Waals surface area (Å²) in [5.74, 6) is 0.466. The largest absolute Gasteiger partial charge is 0.483 e. The normalized spacial score (nSPS) is 10.3. The van der Waals surface area contributed by atoms with Gasteiger partial charge in [0.2, 0.25) is 0 Å². The lowest BCUT2D eigenvalue weighted by Crippen LogP contribution is -2.20. The number of rotatable bonds is 4. The topological polar surface area (TPSA) is 38.3 Å². The van der Waals surface area contributed by atoms with E-state index < -0.39 is 0 Å². The van der Waals surface area contributed by atoms with Gasteiger partial charge in [0.15, 0.2) is 6.61 Å². The molecule has 3 nitrogen and oxygen atoms in total. The average molecular weight is 324 g/mol. The first kappa shape index (κ1) is 15.7. The van der Waals surface area contributed by atoms with Crippen LogP contribution in [0.1, 0.15) is 11.1 Å². The maximum atomic E-state index is 11.9. The summed E-state index contributed by atoms with van der Waals surface area (Å²) in [5.41, 5.74) is 2.53. The monoisotopic (exact) mass is 323 g/mol. The van der Waals surface area contributed by atoms with Gasteiger partial charge in [-0.25, -0.2) is 0 Å². The number of para-hydroxylation sites is 1. The molecular weight excluding hydrogens is 309 g/mol. The molecule has 2 rings (SSSR count). The van der Waals surface area contributed by atoms with Crippen LogP contribution in [0.5, 0.6) is 5.75 Å². The molecule has 0 unspecified atom stereocenters. The zero-order valence-corrected chi connectivity index (χ0v) is 13.3. The summed E-state index contributed by atoms with van der Waals surface area (Å²) < 4.78 is 5.58. The highest BCUT2D eigenvalue weighted by atomic mass is 35.5. The number of anilines is 1. The van der Waals surface area contributed by atoms with Gasteiger partial charge in [-0.2, -0.15) is 0 Å². The SMILES string of the molecule is Cc1cccc(C)c1OCC(=O)Nc1cc(Cl)cc(Cl)c1. The molecule has 0 aliphatic rings. The second kappa shape index (κ2) is 6.83. The average Bonchev–Trinajstić information content (AvgIpc) is 2.36. The van der Waals surface area contributed by atoms with Gasteiger partial charge in [0.1, 0.15) is 5.75 Å². The van der Waals surface area contributed by atoms with Gasteiger partial charge < -0.3 is 10.1 Å². The predicted molar refractivity (Wildman–Crippen MR) is 86.5 cm³/mol. The van der Waals surface area contributed by atoms with Gasteiger partial charge in [0.25, 0.3) is 5.91 Å². The molecular formula is C16H15Cl2NO2. The summed E-state index contributed by atoms with van der Waals surface area (Å²) >= 11 is 11.8. The van der Waals surface area contributed by atoms with Crippen molar-refractivity contribution in [2.24, 2.45) is 0 Å². The number of hydrogen-bond acceptors (Lipinski definition) is 2. The molecule has 0 aliphatic heterocycles. The third-order valence-corrected chi connectivity index (χ3v) is 3.34. The highest BCUT2D eigenvalue weighted by Crippen LogP contribution is 2.23. The Morgan fingerprint density at radius 2 is 1.67 bits per heavy atom. The van der Waals surface area contributed by atoms with Crippen LogP contribution >= 0.6 is 23.2 Å². The number of halogens is 2. The van der Waals surface area contributed by atoms with E-state index in [0.29, 0.717) is 15.7 Å². The van der Waals surface area contributed by atoms with Gasteiger partial charge in [0.05, 0.1) is 0 Å². The molecule has 0 atom stereocenters. The van der Waals surface area contributed by atoms with Crippen LogP contribution in [0, 0.1) is 13.8 Å². The smallest absolute Gasteiger partial charge is 0.262 e. The zero-order valence-electron chi connectivity index (χ0n) is 11.7. The van der Waals surface area contributed by atoms with E-state index in [4.69, 9.17) is 27.9 Å². The first-order valence-corrected chi connectivity index (χ1v) is 7.16. The summed E-state index contributed by atoms with van der Waals surface area (Å²) in [7, 11) is 0. The molecule has 0 saturated carbocycles. The lowest BCUT2D eigenvalue weighted by atomic mass is 10.1. The Hall–Kier alpha value is -1.71. The van der Waals surface area contributed by atoms with Gasteiger partial charge in [0, 0.05) is 15.7 Å². The summed E-state index contributed by atoms with van der Waals surface area (Å²) in [6.45, 7) is 3.81. The minimum atomic E-state index is -0.268. The van der Waals surface area contributed by atoms with Crippen molar-refractivity contribution in [1.82, 2.24) is 0 Å². The van der Waals surface area contributed by atoms with Crippen molar-refractivity contribution in [2.45, 2.75) is 13.8 Å². The molecule has 1 amide bonds. The van der Waals surface area contributed by atoms with E-state index in [9.17, 15) is 4.79 Å². The van der Waals surface area contributed by atoms with Crippen LogP contribution in [-0.4, -0.2) is 12.5 Å². The molecule has 110 valence electrons. The molecule has 0 heterocycles. The fourth-order valence-electron chi connectivity index (χ4n) is 1.99. The molecule has 1 N–H and O–H groups in total. The van der Waals surface area contributed by atoms with Crippen LogP contribution < -0.4 is 10.1 Å². The molecule has 0 aromatic heterocycles. The number of benzene rings is 2. The molecule has 0 spiro atoms. The summed E-state index contributed by atoms with van der Waals surface area (Å²) in [5, 5.41) is 3.63. The maximum Gasteiger partial charge on any atom is 0.262 e. The molecule has 0 fully saturated rings. The molecule has 0 bridgehead atoms. The van der Waals surface area contributed by atoms with E-state index in [-0.39, 0.29) is 12.5 Å². The van der Waals surface area contributed by atoms with Crippen molar-refractivity contribution in [3.05, 3.63) is 57.6 Å². The van der Waals surface area contributed by atoms with E-state index in [0.717, 1.165) is 16.9 Å². The molecule has 0 radical (unpaired) electrons. The third kappa shape index (κ3) is 4.38. The molecule has 2 aromatic carbocycles. The highest BCUT2D eigenvalue weighted by Gasteiger charge is 2.08. The second-order valence-corrected chi connectivity index (χ2v) is 5.59. The number of amides is 1. The fraction of sp³-hybridized carbons (Fsp3) is 0.188. The summed E-state index contributed by atoms with van der Waals surface area (Å²) in [4.78, 5) is 11.9. The third-order valence-electron chi connectivity index (χ3n) is 2.90. The molecule has 0 aliphatic carbocycles. The van der Waals surface area contributed by atoms with Crippen molar-refractivity contribution in [1.29, 1.82) is 0 Å². The first-order chi connectivity index (χ1) is 9.95.